The lowest BCUT2D eigenvalue weighted by molar-refractivity contribution is -0.138. The molecule has 3 N–H and O–H groups in total. The van der Waals surface area contributed by atoms with E-state index in [1.807, 2.05) is 0 Å². The van der Waals surface area contributed by atoms with Gasteiger partial charge in [0.15, 0.2) is 0 Å². The number of esters is 1. The highest BCUT2D eigenvalue weighted by atomic mass is 19.1. The maximum atomic E-state index is 12.6. The lowest BCUT2D eigenvalue weighted by Crippen LogP contribution is -2.11. The number of ether oxygens (including phenoxy) is 2. The van der Waals surface area contributed by atoms with E-state index in [9.17, 15) is 14.0 Å². The first-order valence-electron chi connectivity index (χ1n) is 7.79. The molecule has 0 aliphatic rings. The second-order valence-electron chi connectivity index (χ2n) is 5.24. The summed E-state index contributed by atoms with van der Waals surface area (Å²) in [4.78, 5) is 23.1. The Balaban J connectivity index is 3.11. The number of amides is 1. The average Bonchev–Trinajstić information content (AvgIpc) is 2.57. The molecule has 0 bridgehead atoms. The molecular weight excluding hydrogens is 327 g/mol. The van der Waals surface area contributed by atoms with Crippen LogP contribution in [0, 0.1) is 0 Å². The number of rotatable bonds is 8. The van der Waals surface area contributed by atoms with Gasteiger partial charge in [-0.25, -0.2) is 9.18 Å². The fourth-order valence-corrected chi connectivity index (χ4v) is 1.90. The Labute approximate surface area is 146 Å². The number of halogens is 1. The Hall–Kier alpha value is -2.67. The van der Waals surface area contributed by atoms with E-state index >= 15 is 0 Å². The number of anilines is 1. The number of hydrogen-bond donors (Lipinski definition) is 2. The largest absolute Gasteiger partial charge is 0.489 e. The van der Waals surface area contributed by atoms with E-state index in [1.54, 1.807) is 38.1 Å². The van der Waals surface area contributed by atoms with Crippen molar-refractivity contribution in [1.29, 1.82) is 0 Å². The van der Waals surface area contributed by atoms with Crippen molar-refractivity contribution in [2.75, 3.05) is 25.1 Å². The second-order valence-corrected chi connectivity index (χ2v) is 5.24. The highest BCUT2D eigenvalue weighted by Gasteiger charge is 2.09. The molecule has 7 heteroatoms. The molecule has 0 fully saturated rings. The van der Waals surface area contributed by atoms with Crippen LogP contribution in [0.1, 0.15) is 26.3 Å². The third kappa shape index (κ3) is 6.76. The number of carbonyl (C=O) groups excluding carboxylic acids is 2. The Bertz CT molecular complexity index is 684. The molecule has 0 saturated carbocycles. The quantitative estimate of drug-likeness (QED) is 0.556. The minimum Gasteiger partial charge on any atom is -0.489 e. The summed E-state index contributed by atoms with van der Waals surface area (Å²) in [6.07, 6.45) is 2.00. The van der Waals surface area contributed by atoms with E-state index in [1.165, 1.54) is 6.92 Å². The van der Waals surface area contributed by atoms with Crippen LogP contribution in [0.4, 0.5) is 10.1 Å². The Morgan fingerprint density at radius 1 is 1.32 bits per heavy atom. The standard InChI is InChI=1S/C18H23FN2O4/c1-4-24-18(23)12(2)7-15-8-16(25-11-14(9-19)10-20)5-6-17(15)21-13(3)22/h5-9H,4,10-11,20H2,1-3H3,(H,21,22)/b12-7+,14-9-. The van der Waals surface area contributed by atoms with Crippen LogP contribution >= 0.6 is 0 Å². The number of hydrogen-bond acceptors (Lipinski definition) is 5. The summed E-state index contributed by atoms with van der Waals surface area (Å²) in [5, 5.41) is 2.68. The highest BCUT2D eigenvalue weighted by molar-refractivity contribution is 5.96. The van der Waals surface area contributed by atoms with Gasteiger partial charge in [0.05, 0.1) is 12.9 Å². The van der Waals surface area contributed by atoms with Crippen molar-refractivity contribution in [3.63, 3.8) is 0 Å². The summed E-state index contributed by atoms with van der Waals surface area (Å²) in [5.74, 6) is -0.249. The van der Waals surface area contributed by atoms with E-state index < -0.39 is 5.97 Å². The van der Waals surface area contributed by atoms with E-state index in [4.69, 9.17) is 15.2 Å². The Morgan fingerprint density at radius 2 is 2.04 bits per heavy atom. The Kier molecular flexibility index (Phi) is 8.35. The number of nitrogens with two attached hydrogens (primary N) is 1. The minimum atomic E-state index is -0.451. The van der Waals surface area contributed by atoms with Crippen molar-refractivity contribution in [3.8, 4) is 5.75 Å². The van der Waals surface area contributed by atoms with Crippen molar-refractivity contribution in [2.24, 2.45) is 5.73 Å². The molecule has 25 heavy (non-hydrogen) atoms. The summed E-state index contributed by atoms with van der Waals surface area (Å²) >= 11 is 0. The summed E-state index contributed by atoms with van der Waals surface area (Å²) < 4.78 is 23.0. The van der Waals surface area contributed by atoms with E-state index in [0.29, 0.717) is 34.5 Å². The highest BCUT2D eigenvalue weighted by Crippen LogP contribution is 2.25. The van der Waals surface area contributed by atoms with Gasteiger partial charge in [0.25, 0.3) is 0 Å². The molecule has 1 rings (SSSR count). The predicted molar refractivity (Wildman–Crippen MR) is 94.8 cm³/mol. The molecule has 6 nitrogen and oxygen atoms in total. The average molecular weight is 350 g/mol. The molecule has 1 aromatic rings. The van der Waals surface area contributed by atoms with E-state index in [0.717, 1.165) is 0 Å². The topological polar surface area (TPSA) is 90.7 Å². The van der Waals surface area contributed by atoms with Crippen LogP contribution in [0.2, 0.25) is 0 Å². The normalized spacial score (nSPS) is 11.9. The zero-order chi connectivity index (χ0) is 18.8. The Morgan fingerprint density at radius 3 is 2.60 bits per heavy atom. The van der Waals surface area contributed by atoms with Gasteiger partial charge < -0.3 is 20.5 Å². The summed E-state index contributed by atoms with van der Waals surface area (Å²) in [5.41, 5.74) is 7.15. The van der Waals surface area contributed by atoms with Crippen LogP contribution < -0.4 is 15.8 Å². The fraction of sp³-hybridized carbons (Fsp3) is 0.333. The molecule has 1 aromatic carbocycles. The van der Waals surface area contributed by atoms with Crippen molar-refractivity contribution in [1.82, 2.24) is 0 Å². The third-order valence-corrected chi connectivity index (χ3v) is 3.14. The minimum absolute atomic E-state index is 0.00644. The molecule has 136 valence electrons. The maximum absolute atomic E-state index is 12.6. The summed E-state index contributed by atoms with van der Waals surface area (Å²) in [6.45, 7) is 5.04. The van der Waals surface area contributed by atoms with Gasteiger partial charge in [0.1, 0.15) is 12.4 Å². The predicted octanol–water partition coefficient (Wildman–Crippen LogP) is 2.80. The van der Waals surface area contributed by atoms with E-state index in [2.05, 4.69) is 5.32 Å². The van der Waals surface area contributed by atoms with Gasteiger partial charge in [-0.15, -0.1) is 0 Å². The van der Waals surface area contributed by atoms with Crippen LogP contribution in [-0.4, -0.2) is 31.6 Å². The summed E-state index contributed by atoms with van der Waals surface area (Å²) in [6, 6.07) is 4.91. The first kappa shape index (κ1) is 20.4. The third-order valence-electron chi connectivity index (χ3n) is 3.14. The molecule has 0 aliphatic carbocycles. The summed E-state index contributed by atoms with van der Waals surface area (Å²) in [7, 11) is 0. The lowest BCUT2D eigenvalue weighted by atomic mass is 10.1. The van der Waals surface area contributed by atoms with Crippen LogP contribution in [0.15, 0.2) is 35.7 Å². The first-order valence-corrected chi connectivity index (χ1v) is 7.79. The van der Waals surface area contributed by atoms with E-state index in [-0.39, 0.29) is 25.7 Å². The lowest BCUT2D eigenvalue weighted by Gasteiger charge is -2.12. The zero-order valence-electron chi connectivity index (χ0n) is 14.6. The molecule has 0 spiro atoms. The maximum Gasteiger partial charge on any atom is 0.333 e. The number of nitrogens with one attached hydrogen (secondary N) is 1. The van der Waals surface area contributed by atoms with Gasteiger partial charge in [-0.2, -0.15) is 0 Å². The first-order chi connectivity index (χ1) is 11.9. The van der Waals surface area contributed by atoms with Crippen molar-refractivity contribution in [3.05, 3.63) is 41.2 Å². The van der Waals surface area contributed by atoms with Crippen LogP contribution in [0.25, 0.3) is 6.08 Å². The van der Waals surface area contributed by atoms with Crippen LogP contribution in [0.3, 0.4) is 0 Å². The molecular formula is C18H23FN2O4. The molecule has 1 amide bonds. The SMILES string of the molecule is CCOC(=O)/C(C)=C/c1cc(OC/C(=C\F)CN)ccc1NC(C)=O. The fourth-order valence-electron chi connectivity index (χ4n) is 1.90. The molecule has 0 saturated heterocycles. The van der Waals surface area contributed by atoms with Crippen LogP contribution in [-0.2, 0) is 14.3 Å². The van der Waals surface area contributed by atoms with Gasteiger partial charge >= 0.3 is 5.97 Å². The zero-order valence-corrected chi connectivity index (χ0v) is 14.6. The van der Waals surface area contributed by atoms with Crippen molar-refractivity contribution in [2.45, 2.75) is 20.8 Å². The van der Waals surface area contributed by atoms with Crippen LogP contribution in [0.5, 0.6) is 5.75 Å². The molecule has 0 radical (unpaired) electrons. The molecule has 0 unspecified atom stereocenters. The van der Waals surface area contributed by atoms with Crippen molar-refractivity contribution < 1.29 is 23.5 Å². The molecule has 0 atom stereocenters. The molecule has 0 aliphatic heterocycles. The smallest absolute Gasteiger partial charge is 0.333 e. The van der Waals surface area contributed by atoms with Gasteiger partial charge in [-0.1, -0.05) is 0 Å². The van der Waals surface area contributed by atoms with Gasteiger partial charge in [-0.3, -0.25) is 4.79 Å². The molecule has 0 aromatic heterocycles. The van der Waals surface area contributed by atoms with Crippen molar-refractivity contribution >= 4 is 23.6 Å². The second kappa shape index (κ2) is 10.2. The monoisotopic (exact) mass is 350 g/mol. The number of benzene rings is 1. The van der Waals surface area contributed by atoms with Gasteiger partial charge in [-0.05, 0) is 38.1 Å². The number of carbonyl (C=O) groups is 2. The molecule has 0 heterocycles. The van der Waals surface area contributed by atoms with Gasteiger partial charge in [0.2, 0.25) is 5.91 Å². The van der Waals surface area contributed by atoms with Gasteiger partial charge in [0, 0.05) is 35.9 Å².